The number of aromatic nitrogens is 3. The maximum atomic E-state index is 6.31. The maximum absolute atomic E-state index is 6.31. The van der Waals surface area contributed by atoms with Crippen LogP contribution >= 0.6 is 27.5 Å². The number of hydrogen-bond donors (Lipinski definition) is 1. The molecule has 2 aromatic rings. The van der Waals surface area contributed by atoms with Crippen molar-refractivity contribution in [1.29, 1.82) is 0 Å². The van der Waals surface area contributed by atoms with E-state index in [2.05, 4.69) is 39.7 Å². The molecule has 0 amide bonds. The van der Waals surface area contributed by atoms with Gasteiger partial charge in [-0.3, -0.25) is 4.40 Å². The minimum atomic E-state index is 0.445. The molecule has 108 valence electrons. The second-order valence-electron chi connectivity index (χ2n) is 5.93. The highest BCUT2D eigenvalue weighted by molar-refractivity contribution is 9.10. The molecule has 0 saturated heterocycles. The Morgan fingerprint density at radius 3 is 2.85 bits per heavy atom. The van der Waals surface area contributed by atoms with Crippen LogP contribution in [0.4, 0.5) is 5.82 Å². The van der Waals surface area contributed by atoms with E-state index in [0.717, 1.165) is 34.2 Å². The van der Waals surface area contributed by atoms with E-state index in [-0.39, 0.29) is 0 Å². The topological polar surface area (TPSA) is 56.2 Å². The van der Waals surface area contributed by atoms with Crippen LogP contribution in [-0.4, -0.2) is 14.4 Å². The Labute approximate surface area is 131 Å². The van der Waals surface area contributed by atoms with Crippen LogP contribution < -0.4 is 5.73 Å². The Bertz CT molecular complexity index is 652. The highest BCUT2D eigenvalue weighted by Gasteiger charge is 2.31. The van der Waals surface area contributed by atoms with Crippen LogP contribution in [0.25, 0.3) is 5.52 Å². The molecule has 2 heterocycles. The molecule has 2 aromatic heterocycles. The van der Waals surface area contributed by atoms with E-state index in [1.165, 1.54) is 12.8 Å². The van der Waals surface area contributed by atoms with Crippen molar-refractivity contribution >= 4 is 38.9 Å². The Balaban J connectivity index is 2.07. The van der Waals surface area contributed by atoms with Gasteiger partial charge in [-0.1, -0.05) is 25.4 Å². The second kappa shape index (κ2) is 5.19. The van der Waals surface area contributed by atoms with E-state index in [0.29, 0.717) is 16.9 Å². The molecule has 1 aliphatic rings. The van der Waals surface area contributed by atoms with Crippen molar-refractivity contribution in [3.05, 3.63) is 21.8 Å². The van der Waals surface area contributed by atoms with Crippen LogP contribution in [-0.2, 0) is 0 Å². The molecule has 1 saturated carbocycles. The number of rotatable bonds is 2. The molecule has 4 nitrogen and oxygen atoms in total. The second-order valence-corrected chi connectivity index (χ2v) is 7.06. The number of hydrogen-bond acceptors (Lipinski definition) is 3. The summed E-state index contributed by atoms with van der Waals surface area (Å²) in [6.45, 7) is 4.59. The molecule has 1 fully saturated rings. The standard InChI is InChI=1S/C14H18BrClN4/c1-7(2)8-3-4-9(5-8)14-19-12(15)11-13(17)18-6-10(16)20(11)14/h6-9H,3-5H2,1-2H3,(H2,17,18). The van der Waals surface area contributed by atoms with Crippen molar-refractivity contribution in [3.63, 3.8) is 0 Å². The summed E-state index contributed by atoms with van der Waals surface area (Å²) in [6, 6.07) is 0. The molecule has 0 bridgehead atoms. The van der Waals surface area contributed by atoms with Gasteiger partial charge in [-0.15, -0.1) is 0 Å². The lowest BCUT2D eigenvalue weighted by Crippen LogP contribution is -2.06. The van der Waals surface area contributed by atoms with Crippen molar-refractivity contribution in [3.8, 4) is 0 Å². The summed E-state index contributed by atoms with van der Waals surface area (Å²) in [6.07, 6.45) is 5.18. The van der Waals surface area contributed by atoms with Crippen LogP contribution in [0.2, 0.25) is 5.15 Å². The van der Waals surface area contributed by atoms with Crippen molar-refractivity contribution in [1.82, 2.24) is 14.4 Å². The lowest BCUT2D eigenvalue weighted by Gasteiger charge is -2.14. The highest BCUT2D eigenvalue weighted by Crippen LogP contribution is 2.42. The van der Waals surface area contributed by atoms with Crippen molar-refractivity contribution in [2.45, 2.75) is 39.0 Å². The fraction of sp³-hybridized carbons (Fsp3) is 0.571. The van der Waals surface area contributed by atoms with E-state index in [1.807, 2.05) is 4.40 Å². The van der Waals surface area contributed by atoms with E-state index in [9.17, 15) is 0 Å². The third-order valence-corrected chi connectivity index (χ3v) is 5.23. The van der Waals surface area contributed by atoms with Gasteiger partial charge in [0.05, 0.1) is 6.20 Å². The molecule has 20 heavy (non-hydrogen) atoms. The maximum Gasteiger partial charge on any atom is 0.150 e. The van der Waals surface area contributed by atoms with Crippen LogP contribution in [0.5, 0.6) is 0 Å². The number of fused-ring (bicyclic) bond motifs is 1. The Morgan fingerprint density at radius 1 is 1.45 bits per heavy atom. The number of anilines is 1. The predicted octanol–water partition coefficient (Wildman–Crippen LogP) is 4.27. The van der Waals surface area contributed by atoms with Gasteiger partial charge < -0.3 is 5.73 Å². The fourth-order valence-corrected chi connectivity index (χ4v) is 4.00. The van der Waals surface area contributed by atoms with Gasteiger partial charge in [-0.25, -0.2) is 9.97 Å². The quantitative estimate of drug-likeness (QED) is 0.873. The van der Waals surface area contributed by atoms with Gasteiger partial charge >= 0.3 is 0 Å². The molecule has 2 atom stereocenters. The normalized spacial score (nSPS) is 23.1. The highest BCUT2D eigenvalue weighted by atomic mass is 79.9. The first-order valence-corrected chi connectivity index (χ1v) is 8.14. The first kappa shape index (κ1) is 14.1. The summed E-state index contributed by atoms with van der Waals surface area (Å²) in [5, 5.41) is 0.565. The van der Waals surface area contributed by atoms with Crippen LogP contribution in [0.1, 0.15) is 44.9 Å². The van der Waals surface area contributed by atoms with E-state index >= 15 is 0 Å². The number of nitrogens with zero attached hydrogens (tertiary/aromatic N) is 3. The zero-order valence-corrected chi connectivity index (χ0v) is 13.9. The van der Waals surface area contributed by atoms with Gasteiger partial charge in [0.15, 0.2) is 5.82 Å². The van der Waals surface area contributed by atoms with Crippen LogP contribution in [0.3, 0.4) is 0 Å². The summed E-state index contributed by atoms with van der Waals surface area (Å²) in [5.74, 6) is 3.40. The summed E-state index contributed by atoms with van der Waals surface area (Å²) in [5.41, 5.74) is 6.73. The van der Waals surface area contributed by atoms with E-state index in [4.69, 9.17) is 17.3 Å². The van der Waals surface area contributed by atoms with Gasteiger partial charge in [-0.05, 0) is 47.0 Å². The van der Waals surface area contributed by atoms with Crippen LogP contribution in [0.15, 0.2) is 10.8 Å². The Kier molecular flexibility index (Phi) is 3.67. The molecular formula is C14H18BrClN4. The molecule has 1 aliphatic carbocycles. The Morgan fingerprint density at radius 2 is 2.20 bits per heavy atom. The van der Waals surface area contributed by atoms with Crippen molar-refractivity contribution in [2.24, 2.45) is 11.8 Å². The summed E-state index contributed by atoms with van der Waals surface area (Å²) < 4.78 is 2.68. The monoisotopic (exact) mass is 356 g/mol. The van der Waals surface area contributed by atoms with Gasteiger partial charge in [0, 0.05) is 5.92 Å². The zero-order valence-electron chi connectivity index (χ0n) is 11.6. The average molecular weight is 358 g/mol. The molecule has 2 unspecified atom stereocenters. The van der Waals surface area contributed by atoms with Gasteiger partial charge in [0.25, 0.3) is 0 Å². The predicted molar refractivity (Wildman–Crippen MR) is 85.0 cm³/mol. The molecule has 2 N–H and O–H groups in total. The average Bonchev–Trinajstić information content (AvgIpc) is 2.99. The smallest absolute Gasteiger partial charge is 0.150 e. The van der Waals surface area contributed by atoms with Gasteiger partial charge in [0.2, 0.25) is 0 Å². The lowest BCUT2D eigenvalue weighted by molar-refractivity contribution is 0.390. The first-order chi connectivity index (χ1) is 9.49. The minimum absolute atomic E-state index is 0.445. The summed E-state index contributed by atoms with van der Waals surface area (Å²) >= 11 is 9.79. The zero-order chi connectivity index (χ0) is 14.4. The molecular weight excluding hydrogens is 340 g/mol. The number of imidazole rings is 1. The largest absolute Gasteiger partial charge is 0.382 e. The van der Waals surface area contributed by atoms with E-state index in [1.54, 1.807) is 6.20 Å². The van der Waals surface area contributed by atoms with Gasteiger partial charge in [0.1, 0.15) is 21.1 Å². The van der Waals surface area contributed by atoms with Gasteiger partial charge in [-0.2, -0.15) is 0 Å². The molecule has 0 aromatic carbocycles. The minimum Gasteiger partial charge on any atom is -0.382 e. The van der Waals surface area contributed by atoms with Crippen molar-refractivity contribution in [2.75, 3.05) is 5.73 Å². The SMILES string of the molecule is CC(C)C1CCC(c2nc(Br)c3c(N)ncc(Cl)n23)C1. The molecule has 0 aliphatic heterocycles. The first-order valence-electron chi connectivity index (χ1n) is 6.96. The number of halogens is 2. The lowest BCUT2D eigenvalue weighted by atomic mass is 9.93. The third kappa shape index (κ3) is 2.21. The summed E-state index contributed by atoms with van der Waals surface area (Å²) in [7, 11) is 0. The molecule has 0 radical (unpaired) electrons. The number of nitrogens with two attached hydrogens (primary N) is 1. The third-order valence-electron chi connectivity index (χ3n) is 4.41. The molecule has 3 rings (SSSR count). The molecule has 0 spiro atoms. The summed E-state index contributed by atoms with van der Waals surface area (Å²) in [4.78, 5) is 8.77. The van der Waals surface area contributed by atoms with Crippen LogP contribution in [0, 0.1) is 11.8 Å². The number of nitrogen functional groups attached to an aromatic ring is 1. The fourth-order valence-electron chi connectivity index (χ4n) is 3.22. The van der Waals surface area contributed by atoms with E-state index < -0.39 is 0 Å². The van der Waals surface area contributed by atoms with Crippen molar-refractivity contribution < 1.29 is 0 Å². The Hall–Kier alpha value is -0.810. The molecule has 6 heteroatoms.